The molecule has 2 amide bonds. The Kier molecular flexibility index (Phi) is 7.33. The third-order valence-electron chi connectivity index (χ3n) is 2.99. The molecule has 0 aliphatic rings. The number of nitrogens with two attached hydrogens (primary N) is 2. The maximum Gasteiger partial charge on any atom is 0.315 e. The van der Waals surface area contributed by atoms with Gasteiger partial charge in [-0.2, -0.15) is 0 Å². The Morgan fingerprint density at radius 1 is 0.818 bits per heavy atom. The van der Waals surface area contributed by atoms with E-state index in [-0.39, 0.29) is 6.03 Å². The molecule has 22 heavy (non-hydrogen) atoms. The number of amides is 2. The fourth-order valence-electron chi connectivity index (χ4n) is 1.80. The van der Waals surface area contributed by atoms with Crippen LogP contribution in [0.3, 0.4) is 0 Å². The number of nitrogens with one attached hydrogen (secondary N) is 2. The highest BCUT2D eigenvalue weighted by Gasteiger charge is 2.03. The lowest BCUT2D eigenvalue weighted by Crippen LogP contribution is -2.34. The second kappa shape index (κ2) is 9.28. The van der Waals surface area contributed by atoms with E-state index in [9.17, 15) is 4.79 Å². The van der Waals surface area contributed by atoms with Crippen molar-refractivity contribution in [2.75, 3.05) is 11.5 Å². The Bertz CT molecular complexity index is 547. The Morgan fingerprint density at radius 3 is 1.55 bits per heavy atom. The number of urea groups is 1. The van der Waals surface area contributed by atoms with E-state index in [1.54, 1.807) is 12.1 Å². The van der Waals surface area contributed by atoms with Crippen molar-refractivity contribution in [1.29, 1.82) is 0 Å². The number of benzene rings is 2. The minimum atomic E-state index is -0.253. The van der Waals surface area contributed by atoms with Crippen LogP contribution in [0.1, 0.15) is 25.0 Å². The summed E-state index contributed by atoms with van der Waals surface area (Å²) in [6, 6.07) is 14.6. The molecule has 2 aromatic rings. The molecule has 0 aliphatic carbocycles. The zero-order valence-corrected chi connectivity index (χ0v) is 13.1. The molecule has 0 bridgehead atoms. The lowest BCUT2D eigenvalue weighted by Gasteiger charge is -2.10. The number of carbonyl (C=O) groups is 1. The van der Waals surface area contributed by atoms with Crippen molar-refractivity contribution in [2.45, 2.75) is 26.9 Å². The van der Waals surface area contributed by atoms with Crippen LogP contribution in [0.4, 0.5) is 16.2 Å². The Hall–Kier alpha value is -2.69. The molecule has 6 N–H and O–H groups in total. The zero-order chi connectivity index (χ0) is 16.4. The number of para-hydroxylation sites is 2. The molecule has 5 nitrogen and oxygen atoms in total. The largest absolute Gasteiger partial charge is 0.398 e. The predicted octanol–water partition coefficient (Wildman–Crippen LogP) is 2.88. The summed E-state index contributed by atoms with van der Waals surface area (Å²) in [5, 5.41) is 5.52. The van der Waals surface area contributed by atoms with Gasteiger partial charge in [0, 0.05) is 24.5 Å². The van der Waals surface area contributed by atoms with E-state index in [0.717, 1.165) is 11.1 Å². The Labute approximate surface area is 131 Å². The normalized spacial score (nSPS) is 9.36. The van der Waals surface area contributed by atoms with Gasteiger partial charge in [-0.1, -0.05) is 50.2 Å². The molecule has 0 unspecified atom stereocenters. The molecule has 118 valence electrons. The SMILES string of the molecule is CC.Nc1ccccc1CNC(=O)NCc1ccccc1N. The van der Waals surface area contributed by atoms with Crippen LogP contribution in [0.2, 0.25) is 0 Å². The van der Waals surface area contributed by atoms with Gasteiger partial charge in [0.15, 0.2) is 0 Å². The summed E-state index contributed by atoms with van der Waals surface area (Å²) in [5.74, 6) is 0. The first-order valence-electron chi connectivity index (χ1n) is 7.35. The molecule has 0 aromatic heterocycles. The maximum absolute atomic E-state index is 11.7. The van der Waals surface area contributed by atoms with Gasteiger partial charge in [0.25, 0.3) is 0 Å². The summed E-state index contributed by atoms with van der Waals surface area (Å²) in [7, 11) is 0. The standard InChI is InChI=1S/C15H18N4O.C2H6/c16-13-7-3-1-5-11(13)9-18-15(20)19-10-12-6-2-4-8-14(12)17;1-2/h1-8H,9-10,16-17H2,(H2,18,19,20);1-2H3. The van der Waals surface area contributed by atoms with Crippen molar-refractivity contribution < 1.29 is 4.79 Å². The number of hydrogen-bond donors (Lipinski definition) is 4. The molecule has 2 aromatic carbocycles. The van der Waals surface area contributed by atoms with Crippen LogP contribution in [0.15, 0.2) is 48.5 Å². The first-order valence-corrected chi connectivity index (χ1v) is 7.35. The van der Waals surface area contributed by atoms with Crippen molar-refractivity contribution in [3.05, 3.63) is 59.7 Å². The molecule has 2 rings (SSSR count). The molecule has 0 aliphatic heterocycles. The minimum absolute atomic E-state index is 0.253. The average Bonchev–Trinajstić information content (AvgIpc) is 2.55. The van der Waals surface area contributed by atoms with Gasteiger partial charge in [0.05, 0.1) is 0 Å². The maximum atomic E-state index is 11.7. The smallest absolute Gasteiger partial charge is 0.315 e. The fourth-order valence-corrected chi connectivity index (χ4v) is 1.80. The molecule has 0 heterocycles. The van der Waals surface area contributed by atoms with Crippen LogP contribution < -0.4 is 22.1 Å². The van der Waals surface area contributed by atoms with Gasteiger partial charge in [-0.05, 0) is 23.3 Å². The molecule has 0 saturated carbocycles. The highest BCUT2D eigenvalue weighted by molar-refractivity contribution is 5.74. The second-order valence-corrected chi connectivity index (χ2v) is 4.43. The van der Waals surface area contributed by atoms with E-state index < -0.39 is 0 Å². The predicted molar refractivity (Wildman–Crippen MR) is 92.1 cm³/mol. The molecule has 0 radical (unpaired) electrons. The molecule has 0 saturated heterocycles. The first-order chi connectivity index (χ1) is 10.7. The molecular formula is C17H24N4O. The lowest BCUT2D eigenvalue weighted by molar-refractivity contribution is 0.240. The number of carbonyl (C=O) groups excluding carboxylic acids is 1. The van der Waals surface area contributed by atoms with Crippen molar-refractivity contribution >= 4 is 17.4 Å². The van der Waals surface area contributed by atoms with Gasteiger partial charge in [-0.25, -0.2) is 4.79 Å². The zero-order valence-electron chi connectivity index (χ0n) is 13.1. The molecule has 0 spiro atoms. The number of nitrogen functional groups attached to an aromatic ring is 2. The molecule has 0 fully saturated rings. The van der Waals surface area contributed by atoms with Crippen LogP contribution >= 0.6 is 0 Å². The monoisotopic (exact) mass is 300 g/mol. The van der Waals surface area contributed by atoms with E-state index in [2.05, 4.69) is 10.6 Å². The molecule has 5 heteroatoms. The highest BCUT2D eigenvalue weighted by Crippen LogP contribution is 2.10. The highest BCUT2D eigenvalue weighted by atomic mass is 16.2. The van der Waals surface area contributed by atoms with E-state index in [1.165, 1.54) is 0 Å². The topological polar surface area (TPSA) is 93.2 Å². The minimum Gasteiger partial charge on any atom is -0.398 e. The summed E-state index contributed by atoms with van der Waals surface area (Å²) < 4.78 is 0. The Morgan fingerprint density at radius 2 is 1.18 bits per heavy atom. The number of rotatable bonds is 4. The van der Waals surface area contributed by atoms with E-state index in [0.29, 0.717) is 24.5 Å². The van der Waals surface area contributed by atoms with Crippen LogP contribution in [0.5, 0.6) is 0 Å². The van der Waals surface area contributed by atoms with Gasteiger partial charge in [0.1, 0.15) is 0 Å². The average molecular weight is 300 g/mol. The Balaban J connectivity index is 0.00000116. The van der Waals surface area contributed by atoms with Gasteiger partial charge < -0.3 is 22.1 Å². The van der Waals surface area contributed by atoms with E-state index >= 15 is 0 Å². The quantitative estimate of drug-likeness (QED) is 0.654. The second-order valence-electron chi connectivity index (χ2n) is 4.43. The molecule has 0 atom stereocenters. The summed E-state index contributed by atoms with van der Waals surface area (Å²) in [4.78, 5) is 11.7. The summed E-state index contributed by atoms with van der Waals surface area (Å²) in [6.07, 6.45) is 0. The van der Waals surface area contributed by atoms with Crippen LogP contribution in [0, 0.1) is 0 Å². The summed E-state index contributed by atoms with van der Waals surface area (Å²) in [6.45, 7) is 4.78. The third kappa shape index (κ3) is 5.36. The van der Waals surface area contributed by atoms with Gasteiger partial charge in [-0.3, -0.25) is 0 Å². The number of hydrogen-bond acceptors (Lipinski definition) is 3. The van der Waals surface area contributed by atoms with Gasteiger partial charge in [-0.15, -0.1) is 0 Å². The first kappa shape index (κ1) is 17.4. The van der Waals surface area contributed by atoms with Crippen LogP contribution in [-0.2, 0) is 13.1 Å². The van der Waals surface area contributed by atoms with Gasteiger partial charge in [0.2, 0.25) is 0 Å². The van der Waals surface area contributed by atoms with E-state index in [4.69, 9.17) is 11.5 Å². The summed E-state index contributed by atoms with van der Waals surface area (Å²) >= 11 is 0. The van der Waals surface area contributed by atoms with Crippen molar-refractivity contribution in [1.82, 2.24) is 10.6 Å². The van der Waals surface area contributed by atoms with Crippen LogP contribution in [-0.4, -0.2) is 6.03 Å². The fraction of sp³-hybridized carbons (Fsp3) is 0.235. The number of anilines is 2. The van der Waals surface area contributed by atoms with Crippen LogP contribution in [0.25, 0.3) is 0 Å². The van der Waals surface area contributed by atoms with E-state index in [1.807, 2.05) is 50.2 Å². The van der Waals surface area contributed by atoms with Crippen molar-refractivity contribution in [2.24, 2.45) is 0 Å². The van der Waals surface area contributed by atoms with Crippen molar-refractivity contribution in [3.8, 4) is 0 Å². The van der Waals surface area contributed by atoms with Gasteiger partial charge >= 0.3 is 6.03 Å². The molecular weight excluding hydrogens is 276 g/mol. The van der Waals surface area contributed by atoms with Crippen molar-refractivity contribution in [3.63, 3.8) is 0 Å². The third-order valence-corrected chi connectivity index (χ3v) is 2.99. The lowest BCUT2D eigenvalue weighted by atomic mass is 10.2. The summed E-state index contributed by atoms with van der Waals surface area (Å²) in [5.41, 5.74) is 14.7.